The van der Waals surface area contributed by atoms with Gasteiger partial charge < -0.3 is 15.4 Å². The Morgan fingerprint density at radius 1 is 1.37 bits per heavy atom. The van der Waals surface area contributed by atoms with Gasteiger partial charge >= 0.3 is 0 Å². The monoisotopic (exact) mass is 395 g/mol. The van der Waals surface area contributed by atoms with E-state index in [2.05, 4.69) is 10.6 Å². The molecule has 0 saturated carbocycles. The summed E-state index contributed by atoms with van der Waals surface area (Å²) in [5.41, 5.74) is 0.414. The molecule has 148 valence electrons. The Balaban J connectivity index is 1.75. The smallest absolute Gasteiger partial charge is 0.243 e. The number of hydrogen-bond acceptors (Lipinski definition) is 5. The van der Waals surface area contributed by atoms with Crippen LogP contribution in [0.15, 0.2) is 29.2 Å². The first kappa shape index (κ1) is 19.8. The number of hydrogen-bond donors (Lipinski definition) is 2. The Morgan fingerprint density at radius 3 is 2.85 bits per heavy atom. The lowest BCUT2D eigenvalue weighted by Crippen LogP contribution is -2.49. The van der Waals surface area contributed by atoms with Gasteiger partial charge in [0, 0.05) is 25.4 Å². The first-order chi connectivity index (χ1) is 12.8. The van der Waals surface area contributed by atoms with E-state index >= 15 is 0 Å². The quantitative estimate of drug-likeness (QED) is 0.768. The molecule has 2 N–H and O–H groups in total. The molecule has 0 bridgehead atoms. The van der Waals surface area contributed by atoms with Crippen molar-refractivity contribution in [3.8, 4) is 0 Å². The summed E-state index contributed by atoms with van der Waals surface area (Å²) in [5.74, 6) is -0.524. The predicted molar refractivity (Wildman–Crippen MR) is 99.5 cm³/mol. The first-order valence-corrected chi connectivity index (χ1v) is 10.5. The lowest BCUT2D eigenvalue weighted by molar-refractivity contribution is -0.123. The largest absolute Gasteiger partial charge is 0.377 e. The number of piperazine rings is 1. The minimum Gasteiger partial charge on any atom is -0.377 e. The Bertz CT molecular complexity index is 824. The van der Waals surface area contributed by atoms with Crippen LogP contribution in [0.4, 0.5) is 5.69 Å². The highest BCUT2D eigenvalue weighted by Crippen LogP contribution is 2.28. The summed E-state index contributed by atoms with van der Waals surface area (Å²) in [6.45, 7) is 4.88. The summed E-state index contributed by atoms with van der Waals surface area (Å²) in [5, 5.41) is 5.42. The fraction of sp³-hybridized carbons (Fsp3) is 0.556. The van der Waals surface area contributed by atoms with E-state index < -0.39 is 10.0 Å². The van der Waals surface area contributed by atoms with Crippen molar-refractivity contribution >= 4 is 27.5 Å². The number of benzene rings is 1. The normalized spacial score (nSPS) is 24.0. The van der Waals surface area contributed by atoms with Gasteiger partial charge in [0.1, 0.15) is 0 Å². The van der Waals surface area contributed by atoms with Crippen molar-refractivity contribution in [2.45, 2.75) is 31.3 Å². The van der Waals surface area contributed by atoms with Gasteiger partial charge in [-0.05, 0) is 30.5 Å². The van der Waals surface area contributed by atoms with E-state index in [0.29, 0.717) is 18.7 Å². The summed E-state index contributed by atoms with van der Waals surface area (Å²) < 4.78 is 32.4. The minimum atomic E-state index is -3.80. The van der Waals surface area contributed by atoms with Gasteiger partial charge in [-0.15, -0.1) is 0 Å². The van der Waals surface area contributed by atoms with Gasteiger partial charge in [-0.2, -0.15) is 4.31 Å². The highest BCUT2D eigenvalue weighted by Gasteiger charge is 2.36. The maximum absolute atomic E-state index is 12.8. The summed E-state index contributed by atoms with van der Waals surface area (Å²) in [4.78, 5) is 24.2. The molecule has 8 nitrogen and oxygen atoms in total. The van der Waals surface area contributed by atoms with Crippen molar-refractivity contribution in [1.82, 2.24) is 9.62 Å². The molecule has 2 saturated heterocycles. The third kappa shape index (κ3) is 4.31. The second-order valence-corrected chi connectivity index (χ2v) is 9.12. The molecular formula is C18H25N3O5S. The number of amides is 2. The predicted octanol–water partition coefficient (Wildman–Crippen LogP) is 0.807. The summed E-state index contributed by atoms with van der Waals surface area (Å²) in [7, 11) is -3.80. The maximum atomic E-state index is 12.8. The van der Waals surface area contributed by atoms with E-state index in [4.69, 9.17) is 4.74 Å². The number of carbonyl (C=O) groups excluding carboxylic acids is 2. The van der Waals surface area contributed by atoms with Crippen LogP contribution in [0.25, 0.3) is 0 Å². The van der Waals surface area contributed by atoms with Crippen LogP contribution in [-0.2, 0) is 24.3 Å². The molecule has 2 fully saturated rings. The van der Waals surface area contributed by atoms with Crippen molar-refractivity contribution in [3.05, 3.63) is 24.3 Å². The summed E-state index contributed by atoms with van der Waals surface area (Å²) in [6.07, 6.45) is 0.513. The number of nitrogens with one attached hydrogen (secondary N) is 2. The van der Waals surface area contributed by atoms with Gasteiger partial charge in [0.15, 0.2) is 0 Å². The third-order valence-electron chi connectivity index (χ3n) is 4.87. The minimum absolute atomic E-state index is 0.0538. The number of nitrogens with zero attached hydrogens (tertiary/aromatic N) is 1. The van der Waals surface area contributed by atoms with Gasteiger partial charge in [-0.25, -0.2) is 8.42 Å². The van der Waals surface area contributed by atoms with Gasteiger partial charge in [-0.1, -0.05) is 19.9 Å². The molecule has 2 amide bonds. The van der Waals surface area contributed by atoms with Gasteiger partial charge in [0.2, 0.25) is 21.8 Å². The number of sulfonamides is 1. The summed E-state index contributed by atoms with van der Waals surface area (Å²) in [6, 6.07) is 6.13. The zero-order chi connectivity index (χ0) is 19.6. The Labute approximate surface area is 159 Å². The molecule has 1 aromatic rings. The molecule has 27 heavy (non-hydrogen) atoms. The van der Waals surface area contributed by atoms with E-state index in [1.807, 2.05) is 13.8 Å². The fourth-order valence-electron chi connectivity index (χ4n) is 3.49. The molecule has 3 rings (SSSR count). The molecule has 0 aromatic heterocycles. The van der Waals surface area contributed by atoms with Gasteiger partial charge in [0.25, 0.3) is 0 Å². The average molecular weight is 395 g/mol. The fourth-order valence-corrected chi connectivity index (χ4v) is 4.93. The Morgan fingerprint density at radius 2 is 2.15 bits per heavy atom. The van der Waals surface area contributed by atoms with Crippen LogP contribution in [0.5, 0.6) is 0 Å². The molecule has 0 spiro atoms. The summed E-state index contributed by atoms with van der Waals surface area (Å²) >= 11 is 0. The van der Waals surface area contributed by atoms with Crippen molar-refractivity contribution in [3.63, 3.8) is 0 Å². The molecule has 0 radical (unpaired) electrons. The lowest BCUT2D eigenvalue weighted by atomic mass is 9.92. The van der Waals surface area contributed by atoms with Gasteiger partial charge in [-0.3, -0.25) is 9.59 Å². The molecule has 1 aromatic carbocycles. The molecule has 9 heteroatoms. The maximum Gasteiger partial charge on any atom is 0.243 e. The van der Waals surface area contributed by atoms with Crippen LogP contribution in [0.1, 0.15) is 20.3 Å². The zero-order valence-corrected chi connectivity index (χ0v) is 16.3. The molecule has 2 atom stereocenters. The average Bonchev–Trinajstić information content (AvgIpc) is 3.12. The van der Waals surface area contributed by atoms with E-state index in [1.54, 1.807) is 12.1 Å². The highest BCUT2D eigenvalue weighted by atomic mass is 32.2. The first-order valence-electron chi connectivity index (χ1n) is 9.08. The van der Waals surface area contributed by atoms with Crippen LogP contribution in [0.3, 0.4) is 0 Å². The Kier molecular flexibility index (Phi) is 5.83. The van der Waals surface area contributed by atoms with Crippen molar-refractivity contribution in [2.24, 2.45) is 11.8 Å². The molecule has 0 aliphatic carbocycles. The number of ether oxygens (including phenoxy) is 1. The van der Waals surface area contributed by atoms with Crippen LogP contribution >= 0.6 is 0 Å². The molecule has 2 aliphatic heterocycles. The van der Waals surface area contributed by atoms with Crippen LogP contribution < -0.4 is 10.6 Å². The topological polar surface area (TPSA) is 105 Å². The number of rotatable bonds is 5. The van der Waals surface area contributed by atoms with E-state index in [1.165, 1.54) is 12.1 Å². The zero-order valence-electron chi connectivity index (χ0n) is 15.5. The van der Waals surface area contributed by atoms with Gasteiger partial charge in [0.05, 0.1) is 23.5 Å². The number of carbonyl (C=O) groups is 2. The lowest BCUT2D eigenvalue weighted by Gasteiger charge is -2.26. The molecule has 2 aliphatic rings. The van der Waals surface area contributed by atoms with Crippen LogP contribution in [0.2, 0.25) is 0 Å². The second-order valence-electron chi connectivity index (χ2n) is 7.18. The SMILES string of the molecule is CC(C)[C@@H]1OCC[C@H]1C(=O)Nc1cccc(S(=O)(=O)N2CCNC(=O)C2)c1. The molecule has 0 unspecified atom stereocenters. The molecular weight excluding hydrogens is 370 g/mol. The van der Waals surface area contributed by atoms with Crippen LogP contribution in [0, 0.1) is 11.8 Å². The number of anilines is 1. The van der Waals surface area contributed by atoms with Crippen LogP contribution in [-0.4, -0.2) is 56.9 Å². The Hall–Kier alpha value is -1.97. The van der Waals surface area contributed by atoms with E-state index in [0.717, 1.165) is 4.31 Å². The van der Waals surface area contributed by atoms with E-state index in [9.17, 15) is 18.0 Å². The highest BCUT2D eigenvalue weighted by molar-refractivity contribution is 7.89. The second kappa shape index (κ2) is 7.95. The van der Waals surface area contributed by atoms with E-state index in [-0.39, 0.29) is 54.3 Å². The van der Waals surface area contributed by atoms with Crippen molar-refractivity contribution < 1.29 is 22.7 Å². The third-order valence-corrected chi connectivity index (χ3v) is 6.71. The molecule has 2 heterocycles. The van der Waals surface area contributed by atoms with Crippen molar-refractivity contribution in [1.29, 1.82) is 0 Å². The standard InChI is InChI=1S/C18H25N3O5S/c1-12(2)17-15(6-9-26-17)18(23)20-13-4-3-5-14(10-13)27(24,25)21-8-7-19-16(22)11-21/h3-5,10,12,15,17H,6-9,11H2,1-2H3,(H,19,22)(H,20,23)/t15-,17+/m1/s1. The van der Waals surface area contributed by atoms with Crippen molar-refractivity contribution in [2.75, 3.05) is 31.6 Å².